The van der Waals surface area contributed by atoms with Crippen LogP contribution in [-0.4, -0.2) is 17.3 Å². The van der Waals surface area contributed by atoms with Crippen LogP contribution in [0.1, 0.15) is 29.6 Å². The van der Waals surface area contributed by atoms with Gasteiger partial charge in [0, 0.05) is 18.2 Å². The summed E-state index contributed by atoms with van der Waals surface area (Å²) < 4.78 is 8.84. The second-order valence-electron chi connectivity index (χ2n) is 2.67. The Kier molecular flexibility index (Phi) is 4.08. The summed E-state index contributed by atoms with van der Waals surface area (Å²) >= 11 is 1.20. The zero-order valence-corrected chi connectivity index (χ0v) is 8.63. The highest BCUT2D eigenvalue weighted by Gasteiger charge is 2.13. The molecule has 5 heteroatoms. The van der Waals surface area contributed by atoms with Crippen LogP contribution in [0.4, 0.5) is 0 Å². The molecule has 0 fully saturated rings. The van der Waals surface area contributed by atoms with Crippen molar-refractivity contribution >= 4 is 17.3 Å². The minimum absolute atomic E-state index is 0.00847. The van der Waals surface area contributed by atoms with Gasteiger partial charge in [0.15, 0.2) is 5.78 Å². The van der Waals surface area contributed by atoms with Gasteiger partial charge in [-0.2, -0.15) is 9.64 Å². The third-order valence-corrected chi connectivity index (χ3v) is 2.34. The second-order valence-corrected chi connectivity index (χ2v) is 3.30. The summed E-state index contributed by atoms with van der Waals surface area (Å²) in [7, 11) is 1.49. The summed E-state index contributed by atoms with van der Waals surface area (Å²) in [5.41, 5.74) is 0.524. The third kappa shape index (κ3) is 2.54. The van der Waals surface area contributed by atoms with Crippen LogP contribution in [0.15, 0.2) is 5.38 Å². The SMILES string of the molecule is COc1nscc1C(=O)CCCC#N. The van der Waals surface area contributed by atoms with E-state index in [0.717, 1.165) is 0 Å². The van der Waals surface area contributed by atoms with Crippen molar-refractivity contribution in [3.63, 3.8) is 0 Å². The number of carbonyl (C=O) groups is 1. The molecule has 0 aliphatic carbocycles. The molecular formula is C9H10N2O2S. The molecule has 0 aliphatic heterocycles. The normalized spacial score (nSPS) is 9.43. The molecule has 1 aromatic rings. The van der Waals surface area contributed by atoms with Gasteiger partial charge in [-0.25, -0.2) is 0 Å². The molecule has 0 saturated heterocycles. The van der Waals surface area contributed by atoms with E-state index in [-0.39, 0.29) is 5.78 Å². The van der Waals surface area contributed by atoms with E-state index >= 15 is 0 Å². The molecule has 1 rings (SSSR count). The molecule has 0 aliphatic rings. The topological polar surface area (TPSA) is 63.0 Å². The number of ketones is 1. The highest BCUT2D eigenvalue weighted by atomic mass is 32.1. The number of unbranched alkanes of at least 4 members (excludes halogenated alkanes) is 1. The van der Waals surface area contributed by atoms with Crippen molar-refractivity contribution in [2.75, 3.05) is 7.11 Å². The van der Waals surface area contributed by atoms with Crippen LogP contribution in [0, 0.1) is 11.3 Å². The van der Waals surface area contributed by atoms with Gasteiger partial charge in [-0.1, -0.05) is 0 Å². The van der Waals surface area contributed by atoms with Crippen molar-refractivity contribution in [1.82, 2.24) is 4.37 Å². The average Bonchev–Trinajstić information content (AvgIpc) is 2.65. The summed E-state index contributed by atoms with van der Waals surface area (Å²) in [5.74, 6) is 0.378. The zero-order valence-electron chi connectivity index (χ0n) is 7.82. The molecule has 4 nitrogen and oxygen atoms in total. The van der Waals surface area contributed by atoms with Gasteiger partial charge in [-0.3, -0.25) is 4.79 Å². The van der Waals surface area contributed by atoms with E-state index in [0.29, 0.717) is 30.7 Å². The second kappa shape index (κ2) is 5.35. The molecule has 0 amide bonds. The smallest absolute Gasteiger partial charge is 0.235 e. The summed E-state index contributed by atoms with van der Waals surface area (Å²) in [5, 5.41) is 9.99. The lowest BCUT2D eigenvalue weighted by Gasteiger charge is -1.98. The van der Waals surface area contributed by atoms with Gasteiger partial charge in [0.1, 0.15) is 0 Å². The van der Waals surface area contributed by atoms with Crippen LogP contribution < -0.4 is 4.74 Å². The molecule has 0 bridgehead atoms. The number of hydrogen-bond acceptors (Lipinski definition) is 5. The van der Waals surface area contributed by atoms with Crippen molar-refractivity contribution < 1.29 is 9.53 Å². The van der Waals surface area contributed by atoms with Crippen LogP contribution in [-0.2, 0) is 0 Å². The fourth-order valence-corrected chi connectivity index (χ4v) is 1.68. The molecule has 0 unspecified atom stereocenters. The summed E-state index contributed by atoms with van der Waals surface area (Å²) in [6, 6.07) is 2.00. The number of ether oxygens (including phenoxy) is 1. The third-order valence-electron chi connectivity index (χ3n) is 1.72. The number of rotatable bonds is 5. The van der Waals surface area contributed by atoms with E-state index in [1.165, 1.54) is 18.6 Å². The Morgan fingerprint density at radius 1 is 1.79 bits per heavy atom. The molecule has 0 radical (unpaired) electrons. The molecule has 74 valence electrons. The van der Waals surface area contributed by atoms with Crippen LogP contribution in [0.25, 0.3) is 0 Å². The van der Waals surface area contributed by atoms with Gasteiger partial charge in [-0.15, -0.1) is 0 Å². The summed E-state index contributed by atoms with van der Waals surface area (Å²) in [4.78, 5) is 11.5. The first-order valence-electron chi connectivity index (χ1n) is 4.18. The highest BCUT2D eigenvalue weighted by molar-refractivity contribution is 7.04. The lowest BCUT2D eigenvalue weighted by atomic mass is 10.1. The maximum atomic E-state index is 11.5. The number of aromatic nitrogens is 1. The summed E-state index contributed by atoms with van der Waals surface area (Å²) in [6.45, 7) is 0. The zero-order chi connectivity index (χ0) is 10.4. The lowest BCUT2D eigenvalue weighted by molar-refractivity contribution is 0.0977. The number of carbonyl (C=O) groups excluding carboxylic acids is 1. The Labute approximate surface area is 86.3 Å². The van der Waals surface area contributed by atoms with E-state index in [2.05, 4.69) is 4.37 Å². The van der Waals surface area contributed by atoms with Crippen molar-refractivity contribution in [2.45, 2.75) is 19.3 Å². The molecule has 0 spiro atoms. The monoisotopic (exact) mass is 210 g/mol. The van der Waals surface area contributed by atoms with E-state index in [1.54, 1.807) is 5.38 Å². The van der Waals surface area contributed by atoms with Crippen molar-refractivity contribution in [1.29, 1.82) is 5.26 Å². The molecule has 0 aromatic carbocycles. The molecular weight excluding hydrogens is 200 g/mol. The van der Waals surface area contributed by atoms with Gasteiger partial charge in [0.05, 0.1) is 18.7 Å². The average molecular weight is 210 g/mol. The largest absolute Gasteiger partial charge is 0.480 e. The van der Waals surface area contributed by atoms with Crippen molar-refractivity contribution in [2.24, 2.45) is 0 Å². The lowest BCUT2D eigenvalue weighted by Crippen LogP contribution is -1.99. The van der Waals surface area contributed by atoms with Crippen LogP contribution in [0.3, 0.4) is 0 Å². The maximum Gasteiger partial charge on any atom is 0.235 e. The highest BCUT2D eigenvalue weighted by Crippen LogP contribution is 2.20. The number of nitrogens with zero attached hydrogens (tertiary/aromatic N) is 2. The number of Topliss-reactive ketones (excluding diaryl/α,β-unsaturated/α-hetero) is 1. The Balaban J connectivity index is 2.57. The number of nitriles is 1. The molecule has 0 atom stereocenters. The number of hydrogen-bond donors (Lipinski definition) is 0. The standard InChI is InChI=1S/C9H10N2O2S/c1-13-9-7(6-14-11-9)8(12)4-2-3-5-10/h6H,2-4H2,1H3. The van der Waals surface area contributed by atoms with Crippen molar-refractivity contribution in [3.05, 3.63) is 10.9 Å². The Bertz CT molecular complexity index is 354. The van der Waals surface area contributed by atoms with E-state index in [9.17, 15) is 4.79 Å². The first kappa shape index (κ1) is 10.7. The van der Waals surface area contributed by atoms with Gasteiger partial charge in [-0.05, 0) is 18.0 Å². The van der Waals surface area contributed by atoms with E-state index in [1.807, 2.05) is 6.07 Å². The fraction of sp³-hybridized carbons (Fsp3) is 0.444. The van der Waals surface area contributed by atoms with E-state index < -0.39 is 0 Å². The minimum atomic E-state index is -0.00847. The van der Waals surface area contributed by atoms with Crippen molar-refractivity contribution in [3.8, 4) is 11.9 Å². The minimum Gasteiger partial charge on any atom is -0.480 e. The van der Waals surface area contributed by atoms with Gasteiger partial charge in [0.25, 0.3) is 0 Å². The van der Waals surface area contributed by atoms with E-state index in [4.69, 9.17) is 10.00 Å². The summed E-state index contributed by atoms with van der Waals surface area (Å²) in [6.07, 6.45) is 1.38. The maximum absolute atomic E-state index is 11.5. The van der Waals surface area contributed by atoms with Crippen LogP contribution >= 0.6 is 11.5 Å². The van der Waals surface area contributed by atoms with Gasteiger partial charge >= 0.3 is 0 Å². The first-order valence-corrected chi connectivity index (χ1v) is 5.01. The molecule has 0 saturated carbocycles. The Hall–Kier alpha value is -1.41. The molecule has 1 heterocycles. The fourth-order valence-electron chi connectivity index (χ4n) is 1.02. The number of methoxy groups -OCH3 is 1. The molecule has 1 aromatic heterocycles. The first-order chi connectivity index (χ1) is 6.79. The molecule has 14 heavy (non-hydrogen) atoms. The van der Waals surface area contributed by atoms with Crippen LogP contribution in [0.5, 0.6) is 5.88 Å². The predicted molar refractivity (Wildman–Crippen MR) is 52.5 cm³/mol. The Morgan fingerprint density at radius 2 is 2.57 bits per heavy atom. The van der Waals surface area contributed by atoms with Gasteiger partial charge < -0.3 is 4.74 Å². The quantitative estimate of drug-likeness (QED) is 0.551. The molecule has 0 N–H and O–H groups in total. The van der Waals surface area contributed by atoms with Gasteiger partial charge in [0.2, 0.25) is 5.88 Å². The van der Waals surface area contributed by atoms with Crippen LogP contribution in [0.2, 0.25) is 0 Å². The predicted octanol–water partition coefficient (Wildman–Crippen LogP) is 2.03. The Morgan fingerprint density at radius 3 is 3.21 bits per heavy atom.